The monoisotopic (exact) mass is 212 g/mol. The fourth-order valence-corrected chi connectivity index (χ4v) is 1.98. The molecule has 1 saturated heterocycles. The predicted octanol–water partition coefficient (Wildman–Crippen LogP) is 1.73. The smallest absolute Gasteiger partial charge is 0.225 e. The van der Waals surface area contributed by atoms with Gasteiger partial charge in [0.2, 0.25) is 5.91 Å². The number of hydrogen-bond donors (Lipinski definition) is 1. The second-order valence-electron chi connectivity index (χ2n) is 4.39. The summed E-state index contributed by atoms with van der Waals surface area (Å²) in [5.74, 6) is 0.479. The Morgan fingerprint density at radius 1 is 1.67 bits per heavy atom. The Kier molecular flexibility index (Phi) is 4.12. The molecule has 0 radical (unpaired) electrons. The molecule has 1 fully saturated rings. The summed E-state index contributed by atoms with van der Waals surface area (Å²) in [5, 5.41) is 12.1. The Morgan fingerprint density at radius 2 is 2.33 bits per heavy atom. The molecule has 1 rings (SSSR count). The van der Waals surface area contributed by atoms with E-state index in [1.807, 2.05) is 18.7 Å². The van der Waals surface area contributed by atoms with Gasteiger partial charge < -0.3 is 10.1 Å². The van der Waals surface area contributed by atoms with Crippen molar-refractivity contribution in [2.75, 3.05) is 13.1 Å². The lowest BCUT2D eigenvalue weighted by atomic mass is 9.92. The fourth-order valence-electron chi connectivity index (χ4n) is 1.98. The van der Waals surface area contributed by atoms with Gasteiger partial charge in [0.1, 0.15) is 0 Å². The van der Waals surface area contributed by atoms with Crippen LogP contribution in [-0.4, -0.2) is 34.8 Å². The SMILES string of the molecule is CCC1CN(C(=O)C(C)C)CCC1=NO. The third kappa shape index (κ3) is 2.70. The molecular formula is C11H20N2O2. The molecule has 0 aromatic carbocycles. The number of hydrogen-bond acceptors (Lipinski definition) is 3. The lowest BCUT2D eigenvalue weighted by Crippen LogP contribution is -2.45. The number of oxime groups is 1. The van der Waals surface area contributed by atoms with Crippen LogP contribution in [0.5, 0.6) is 0 Å². The Balaban J connectivity index is 2.65. The quantitative estimate of drug-likeness (QED) is 0.560. The van der Waals surface area contributed by atoms with E-state index in [2.05, 4.69) is 12.1 Å². The van der Waals surface area contributed by atoms with Crippen LogP contribution in [0.2, 0.25) is 0 Å². The lowest BCUT2D eigenvalue weighted by Gasteiger charge is -2.33. The molecule has 15 heavy (non-hydrogen) atoms. The first-order valence-electron chi connectivity index (χ1n) is 5.59. The molecule has 86 valence electrons. The van der Waals surface area contributed by atoms with Crippen molar-refractivity contribution >= 4 is 11.6 Å². The largest absolute Gasteiger partial charge is 0.411 e. The first kappa shape index (κ1) is 12.0. The van der Waals surface area contributed by atoms with E-state index in [-0.39, 0.29) is 17.7 Å². The number of likely N-dealkylation sites (tertiary alicyclic amines) is 1. The summed E-state index contributed by atoms with van der Waals surface area (Å²) in [6, 6.07) is 0. The second kappa shape index (κ2) is 5.14. The average Bonchev–Trinajstić information content (AvgIpc) is 2.26. The van der Waals surface area contributed by atoms with Crippen molar-refractivity contribution in [2.24, 2.45) is 17.0 Å². The van der Waals surface area contributed by atoms with Crippen LogP contribution in [0.25, 0.3) is 0 Å². The average molecular weight is 212 g/mol. The van der Waals surface area contributed by atoms with Gasteiger partial charge in [-0.05, 0) is 6.42 Å². The molecule has 1 aliphatic heterocycles. The maximum absolute atomic E-state index is 11.8. The van der Waals surface area contributed by atoms with E-state index in [9.17, 15) is 4.79 Å². The van der Waals surface area contributed by atoms with Crippen molar-refractivity contribution in [1.29, 1.82) is 0 Å². The number of piperidine rings is 1. The molecule has 0 bridgehead atoms. The summed E-state index contributed by atoms with van der Waals surface area (Å²) in [6.45, 7) is 7.27. The molecule has 1 amide bonds. The van der Waals surface area contributed by atoms with Gasteiger partial charge in [-0.25, -0.2) is 0 Å². The van der Waals surface area contributed by atoms with Crippen LogP contribution >= 0.6 is 0 Å². The predicted molar refractivity (Wildman–Crippen MR) is 59.0 cm³/mol. The standard InChI is InChI=1S/C11H20N2O2/c1-4-9-7-13(11(14)8(2)3)6-5-10(9)12-15/h8-9,15H,4-7H2,1-3H3. The van der Waals surface area contributed by atoms with Crippen LogP contribution in [0.4, 0.5) is 0 Å². The number of rotatable bonds is 2. The molecule has 0 saturated carbocycles. The molecule has 1 heterocycles. The summed E-state index contributed by atoms with van der Waals surface area (Å²) in [4.78, 5) is 13.7. The van der Waals surface area contributed by atoms with E-state index in [4.69, 9.17) is 5.21 Å². The van der Waals surface area contributed by atoms with E-state index in [1.54, 1.807) is 0 Å². The molecule has 0 aliphatic carbocycles. The van der Waals surface area contributed by atoms with Crippen molar-refractivity contribution in [3.63, 3.8) is 0 Å². The van der Waals surface area contributed by atoms with E-state index in [0.717, 1.165) is 12.1 Å². The van der Waals surface area contributed by atoms with E-state index >= 15 is 0 Å². The van der Waals surface area contributed by atoms with Gasteiger partial charge in [0.25, 0.3) is 0 Å². The lowest BCUT2D eigenvalue weighted by molar-refractivity contribution is -0.135. The van der Waals surface area contributed by atoms with Crippen LogP contribution in [0, 0.1) is 11.8 Å². The maximum atomic E-state index is 11.8. The van der Waals surface area contributed by atoms with Gasteiger partial charge in [0.15, 0.2) is 0 Å². The Bertz CT molecular complexity index is 261. The summed E-state index contributed by atoms with van der Waals surface area (Å²) in [5.41, 5.74) is 0.838. The minimum absolute atomic E-state index is 0.0510. The zero-order valence-corrected chi connectivity index (χ0v) is 9.73. The van der Waals surface area contributed by atoms with E-state index in [1.165, 1.54) is 0 Å². The molecule has 1 N–H and O–H groups in total. The molecule has 1 aliphatic rings. The van der Waals surface area contributed by atoms with Crippen LogP contribution in [0.3, 0.4) is 0 Å². The number of carbonyl (C=O) groups excluding carboxylic acids is 1. The number of carbonyl (C=O) groups is 1. The number of nitrogens with zero attached hydrogens (tertiary/aromatic N) is 2. The van der Waals surface area contributed by atoms with Gasteiger partial charge in [-0.1, -0.05) is 25.9 Å². The fraction of sp³-hybridized carbons (Fsp3) is 0.818. The minimum atomic E-state index is 0.0510. The first-order chi connectivity index (χ1) is 7.10. The zero-order chi connectivity index (χ0) is 11.4. The molecular weight excluding hydrogens is 192 g/mol. The highest BCUT2D eigenvalue weighted by atomic mass is 16.4. The minimum Gasteiger partial charge on any atom is -0.411 e. The topological polar surface area (TPSA) is 52.9 Å². The summed E-state index contributed by atoms with van der Waals surface area (Å²) in [7, 11) is 0. The zero-order valence-electron chi connectivity index (χ0n) is 9.73. The van der Waals surface area contributed by atoms with Crippen molar-refractivity contribution < 1.29 is 10.0 Å². The normalized spacial score (nSPS) is 24.9. The van der Waals surface area contributed by atoms with Crippen LogP contribution in [0.15, 0.2) is 5.16 Å². The van der Waals surface area contributed by atoms with Crippen molar-refractivity contribution in [3.8, 4) is 0 Å². The Labute approximate surface area is 90.9 Å². The van der Waals surface area contributed by atoms with Crippen LogP contribution < -0.4 is 0 Å². The highest BCUT2D eigenvalue weighted by Gasteiger charge is 2.28. The third-order valence-electron chi connectivity index (χ3n) is 2.98. The van der Waals surface area contributed by atoms with E-state index in [0.29, 0.717) is 19.5 Å². The Morgan fingerprint density at radius 3 is 2.80 bits per heavy atom. The van der Waals surface area contributed by atoms with Gasteiger partial charge in [0.05, 0.1) is 5.71 Å². The van der Waals surface area contributed by atoms with Gasteiger partial charge in [0, 0.05) is 31.3 Å². The molecule has 1 atom stereocenters. The van der Waals surface area contributed by atoms with Crippen LogP contribution in [-0.2, 0) is 4.79 Å². The van der Waals surface area contributed by atoms with Gasteiger partial charge in [-0.2, -0.15) is 0 Å². The van der Waals surface area contributed by atoms with Gasteiger partial charge in [-0.15, -0.1) is 0 Å². The molecule has 0 aromatic rings. The van der Waals surface area contributed by atoms with Gasteiger partial charge in [-0.3, -0.25) is 4.79 Å². The Hall–Kier alpha value is -1.06. The number of amides is 1. The molecule has 0 spiro atoms. The molecule has 4 nitrogen and oxygen atoms in total. The molecule has 1 unspecified atom stereocenters. The maximum Gasteiger partial charge on any atom is 0.225 e. The van der Waals surface area contributed by atoms with Crippen molar-refractivity contribution in [1.82, 2.24) is 4.90 Å². The summed E-state index contributed by atoms with van der Waals surface area (Å²) >= 11 is 0. The third-order valence-corrected chi connectivity index (χ3v) is 2.98. The molecule has 0 aromatic heterocycles. The highest BCUT2D eigenvalue weighted by molar-refractivity contribution is 5.89. The first-order valence-corrected chi connectivity index (χ1v) is 5.59. The van der Waals surface area contributed by atoms with Crippen molar-refractivity contribution in [3.05, 3.63) is 0 Å². The van der Waals surface area contributed by atoms with Crippen LogP contribution in [0.1, 0.15) is 33.6 Å². The highest BCUT2D eigenvalue weighted by Crippen LogP contribution is 2.18. The summed E-state index contributed by atoms with van der Waals surface area (Å²) < 4.78 is 0. The van der Waals surface area contributed by atoms with E-state index < -0.39 is 0 Å². The summed E-state index contributed by atoms with van der Waals surface area (Å²) in [6.07, 6.45) is 1.62. The second-order valence-corrected chi connectivity index (χ2v) is 4.39. The van der Waals surface area contributed by atoms with Gasteiger partial charge >= 0.3 is 0 Å². The molecule has 4 heteroatoms. The van der Waals surface area contributed by atoms with Crippen molar-refractivity contribution in [2.45, 2.75) is 33.6 Å².